The molecule has 8 heteroatoms. The third kappa shape index (κ3) is 3.07. The zero-order valence-corrected chi connectivity index (χ0v) is 15.7. The molecule has 3 aromatic rings. The molecule has 0 atom stereocenters. The molecule has 2 aliphatic rings. The minimum atomic E-state index is -0.293. The summed E-state index contributed by atoms with van der Waals surface area (Å²) in [6.07, 6.45) is 0. The summed E-state index contributed by atoms with van der Waals surface area (Å²) in [7, 11) is 0. The van der Waals surface area contributed by atoms with Gasteiger partial charge in [-0.25, -0.2) is 0 Å². The fourth-order valence-corrected chi connectivity index (χ4v) is 4.62. The third-order valence-electron chi connectivity index (χ3n) is 4.31. The van der Waals surface area contributed by atoms with E-state index in [9.17, 15) is 4.79 Å². The quantitative estimate of drug-likeness (QED) is 0.711. The number of anilines is 1. The van der Waals surface area contributed by atoms with Crippen molar-refractivity contribution in [2.24, 2.45) is 4.99 Å². The van der Waals surface area contributed by atoms with Gasteiger partial charge < -0.3 is 14.7 Å². The van der Waals surface area contributed by atoms with Crippen LogP contribution in [0.15, 0.2) is 62.8 Å². The average molecular weight is 394 g/mol. The minimum Gasteiger partial charge on any atom is -0.355 e. The Balaban J connectivity index is 1.29. The molecule has 0 bridgehead atoms. The fraction of sp³-hybridized carbons (Fsp3) is 0.105. The Morgan fingerprint density at radius 2 is 2.11 bits per heavy atom. The van der Waals surface area contributed by atoms with Crippen molar-refractivity contribution in [3.8, 4) is 10.6 Å². The summed E-state index contributed by atoms with van der Waals surface area (Å²) in [5, 5.41) is 11.9. The maximum atomic E-state index is 12.4. The maximum absolute atomic E-state index is 12.4. The van der Waals surface area contributed by atoms with E-state index >= 15 is 0 Å². The number of nitrogens with one attached hydrogen (secondary N) is 1. The second kappa shape index (κ2) is 6.71. The molecular weight excluding hydrogens is 380 g/mol. The highest BCUT2D eigenvalue weighted by Gasteiger charge is 2.27. The van der Waals surface area contributed by atoms with E-state index in [1.165, 1.54) is 0 Å². The van der Waals surface area contributed by atoms with Crippen molar-refractivity contribution in [2.75, 3.05) is 18.4 Å². The molecule has 0 unspecified atom stereocenters. The van der Waals surface area contributed by atoms with Gasteiger partial charge in [-0.15, -0.1) is 11.3 Å². The number of benzene rings is 1. The van der Waals surface area contributed by atoms with Crippen LogP contribution in [0, 0.1) is 0 Å². The normalized spacial score (nSPS) is 15.5. The SMILES string of the molecule is O=C(Nc1ccc(C2=CSC3=NCCN23)cc1)c1cc(-c2cccs2)on1. The molecule has 27 heavy (non-hydrogen) atoms. The zero-order valence-electron chi connectivity index (χ0n) is 14.1. The summed E-state index contributed by atoms with van der Waals surface area (Å²) >= 11 is 3.20. The molecule has 0 radical (unpaired) electrons. The van der Waals surface area contributed by atoms with Crippen LogP contribution in [0.1, 0.15) is 16.1 Å². The van der Waals surface area contributed by atoms with Gasteiger partial charge in [-0.2, -0.15) is 0 Å². The fourth-order valence-electron chi connectivity index (χ4n) is 2.98. The highest BCUT2D eigenvalue weighted by atomic mass is 32.2. The summed E-state index contributed by atoms with van der Waals surface area (Å²) in [5.41, 5.74) is 3.24. The molecule has 6 nitrogen and oxygen atoms in total. The van der Waals surface area contributed by atoms with Crippen LogP contribution in [0.3, 0.4) is 0 Å². The lowest BCUT2D eigenvalue weighted by atomic mass is 10.1. The average Bonchev–Trinajstić information content (AvgIpc) is 3.46. The second-order valence-electron chi connectivity index (χ2n) is 6.02. The Morgan fingerprint density at radius 1 is 1.22 bits per heavy atom. The van der Waals surface area contributed by atoms with Crippen molar-refractivity contribution in [3.63, 3.8) is 0 Å². The highest BCUT2D eigenvalue weighted by Crippen LogP contribution is 2.35. The van der Waals surface area contributed by atoms with E-state index in [2.05, 4.69) is 25.8 Å². The van der Waals surface area contributed by atoms with E-state index in [0.717, 1.165) is 34.4 Å². The molecule has 1 N–H and O–H groups in total. The van der Waals surface area contributed by atoms with Gasteiger partial charge in [0.15, 0.2) is 16.6 Å². The van der Waals surface area contributed by atoms with Crippen molar-refractivity contribution >= 4 is 45.6 Å². The minimum absolute atomic E-state index is 0.260. The van der Waals surface area contributed by atoms with E-state index in [1.807, 2.05) is 41.8 Å². The number of carbonyl (C=O) groups excluding carboxylic acids is 1. The number of thioether (sulfide) groups is 1. The van der Waals surface area contributed by atoms with E-state index in [1.54, 1.807) is 29.2 Å². The highest BCUT2D eigenvalue weighted by molar-refractivity contribution is 8.16. The van der Waals surface area contributed by atoms with Crippen molar-refractivity contribution in [1.82, 2.24) is 10.1 Å². The van der Waals surface area contributed by atoms with Crippen LogP contribution in [0.25, 0.3) is 16.3 Å². The first kappa shape index (κ1) is 16.3. The number of hydrogen-bond donors (Lipinski definition) is 1. The van der Waals surface area contributed by atoms with E-state index in [0.29, 0.717) is 11.4 Å². The molecular formula is C19H14N4O2S2. The number of aromatic nitrogens is 1. The van der Waals surface area contributed by atoms with Crippen LogP contribution in [0.5, 0.6) is 0 Å². The van der Waals surface area contributed by atoms with Crippen LogP contribution in [-0.4, -0.2) is 34.2 Å². The number of hydrogen-bond acceptors (Lipinski definition) is 7. The number of fused-ring (bicyclic) bond motifs is 1. The Morgan fingerprint density at radius 3 is 2.93 bits per heavy atom. The summed E-state index contributed by atoms with van der Waals surface area (Å²) in [4.78, 5) is 20.0. The van der Waals surface area contributed by atoms with Gasteiger partial charge in [-0.3, -0.25) is 9.79 Å². The molecule has 0 saturated carbocycles. The third-order valence-corrected chi connectivity index (χ3v) is 6.10. The smallest absolute Gasteiger partial charge is 0.277 e. The summed E-state index contributed by atoms with van der Waals surface area (Å²) in [6, 6.07) is 13.3. The van der Waals surface area contributed by atoms with E-state index < -0.39 is 0 Å². The maximum Gasteiger partial charge on any atom is 0.277 e. The van der Waals surface area contributed by atoms with E-state index in [-0.39, 0.29) is 11.6 Å². The predicted molar refractivity (Wildman–Crippen MR) is 109 cm³/mol. The monoisotopic (exact) mass is 394 g/mol. The zero-order chi connectivity index (χ0) is 18.2. The summed E-state index contributed by atoms with van der Waals surface area (Å²) in [6.45, 7) is 1.77. The Hall–Kier alpha value is -2.84. The largest absolute Gasteiger partial charge is 0.355 e. The summed E-state index contributed by atoms with van der Waals surface area (Å²) in [5.74, 6) is 0.304. The first-order valence-electron chi connectivity index (χ1n) is 8.39. The molecule has 0 spiro atoms. The number of aliphatic imine (C=N–C) groups is 1. The first-order valence-corrected chi connectivity index (χ1v) is 10.1. The second-order valence-corrected chi connectivity index (χ2v) is 7.81. The molecule has 1 amide bonds. The number of amidine groups is 1. The van der Waals surface area contributed by atoms with Gasteiger partial charge in [0.1, 0.15) is 0 Å². The predicted octanol–water partition coefficient (Wildman–Crippen LogP) is 4.37. The molecule has 0 saturated heterocycles. The number of nitrogens with zero attached hydrogens (tertiary/aromatic N) is 3. The molecule has 2 aliphatic heterocycles. The molecule has 5 rings (SSSR count). The van der Waals surface area contributed by atoms with E-state index in [4.69, 9.17) is 4.52 Å². The van der Waals surface area contributed by atoms with Crippen molar-refractivity contribution < 1.29 is 9.32 Å². The number of amides is 1. The Kier molecular flexibility index (Phi) is 4.06. The van der Waals surface area contributed by atoms with Crippen molar-refractivity contribution in [3.05, 3.63) is 64.5 Å². The molecule has 4 heterocycles. The number of thiophene rings is 1. The van der Waals surface area contributed by atoms with Gasteiger partial charge in [-0.05, 0) is 29.1 Å². The van der Waals surface area contributed by atoms with Gasteiger partial charge >= 0.3 is 0 Å². The summed E-state index contributed by atoms with van der Waals surface area (Å²) < 4.78 is 5.27. The standard InChI is InChI=1S/C19H14N4O2S2/c24-18(14-10-16(25-22-14)17-2-1-9-26-17)21-13-5-3-12(4-6-13)15-11-27-19-20-7-8-23(15)19/h1-6,9-11H,7-8H2,(H,21,24). The Bertz CT molecular complexity index is 1050. The number of rotatable bonds is 4. The Labute approximate surface area is 163 Å². The molecule has 2 aromatic heterocycles. The van der Waals surface area contributed by atoms with Crippen molar-refractivity contribution in [1.29, 1.82) is 0 Å². The molecule has 1 aromatic carbocycles. The lowest BCUT2D eigenvalue weighted by Crippen LogP contribution is -2.19. The van der Waals surface area contributed by atoms with Crippen LogP contribution in [-0.2, 0) is 0 Å². The van der Waals surface area contributed by atoms with Gasteiger partial charge in [0.2, 0.25) is 0 Å². The molecule has 0 aliphatic carbocycles. The lowest BCUT2D eigenvalue weighted by Gasteiger charge is -2.16. The molecule has 134 valence electrons. The van der Waals surface area contributed by atoms with Crippen molar-refractivity contribution in [2.45, 2.75) is 0 Å². The van der Waals surface area contributed by atoms with Gasteiger partial charge in [0.25, 0.3) is 5.91 Å². The van der Waals surface area contributed by atoms with Crippen LogP contribution >= 0.6 is 23.1 Å². The molecule has 0 fully saturated rings. The van der Waals surface area contributed by atoms with Crippen LogP contribution in [0.4, 0.5) is 5.69 Å². The first-order chi connectivity index (χ1) is 13.3. The van der Waals surface area contributed by atoms with Gasteiger partial charge in [-0.1, -0.05) is 35.1 Å². The van der Waals surface area contributed by atoms with Gasteiger partial charge in [0.05, 0.1) is 17.1 Å². The lowest BCUT2D eigenvalue weighted by molar-refractivity contribution is 0.101. The van der Waals surface area contributed by atoms with Gasteiger partial charge in [0, 0.05) is 23.7 Å². The van der Waals surface area contributed by atoms with Crippen LogP contribution in [0.2, 0.25) is 0 Å². The van der Waals surface area contributed by atoms with Crippen LogP contribution < -0.4 is 5.32 Å². The topological polar surface area (TPSA) is 70.7 Å². The number of carbonyl (C=O) groups is 1.